The van der Waals surface area contributed by atoms with E-state index in [2.05, 4.69) is 37.2 Å². The lowest BCUT2D eigenvalue weighted by Gasteiger charge is -2.29. The van der Waals surface area contributed by atoms with Crippen molar-refractivity contribution in [2.75, 3.05) is 35.8 Å². The van der Waals surface area contributed by atoms with Crippen LogP contribution in [0, 0.1) is 11.8 Å². The van der Waals surface area contributed by atoms with Gasteiger partial charge in [-0.1, -0.05) is 0 Å². The maximum atomic E-state index is 6.00. The molecular weight excluding hydrogens is 292 g/mol. The van der Waals surface area contributed by atoms with Gasteiger partial charge in [-0.2, -0.15) is 9.97 Å². The molecule has 2 heterocycles. The molecule has 4 rings (SSSR count). The molecule has 0 amide bonds. The Bertz CT molecular complexity index is 741. The Hall–Kier alpha value is -2.38. The largest absolute Gasteiger partial charge is 0.382 e. The van der Waals surface area contributed by atoms with Gasteiger partial charge in [-0.25, -0.2) is 9.97 Å². The molecule has 2 aliphatic carbocycles. The van der Waals surface area contributed by atoms with Crippen molar-refractivity contribution >= 4 is 34.6 Å². The molecule has 5 N–H and O–H groups in total. The molecule has 0 aromatic carbocycles. The number of hydrogen-bond donors (Lipinski definition) is 3. The van der Waals surface area contributed by atoms with Crippen LogP contribution in [0.2, 0.25) is 0 Å². The number of nitrogen functional groups attached to an aromatic ring is 2. The zero-order valence-electron chi connectivity index (χ0n) is 13.5. The van der Waals surface area contributed by atoms with E-state index in [1.165, 1.54) is 25.7 Å². The second kappa shape index (κ2) is 5.07. The molecule has 2 aliphatic rings. The highest BCUT2D eigenvalue weighted by molar-refractivity contribution is 5.93. The number of nitrogens with two attached hydrogens (primary N) is 2. The lowest BCUT2D eigenvalue weighted by atomic mass is 10.1. The number of nitrogens with zero attached hydrogens (tertiary/aromatic N) is 5. The summed E-state index contributed by atoms with van der Waals surface area (Å²) >= 11 is 0. The van der Waals surface area contributed by atoms with Crippen molar-refractivity contribution in [2.45, 2.75) is 31.7 Å². The highest BCUT2D eigenvalue weighted by Gasteiger charge is 2.44. The normalized spacial score (nSPS) is 17.7. The van der Waals surface area contributed by atoms with Crippen molar-refractivity contribution in [2.24, 2.45) is 11.8 Å². The summed E-state index contributed by atoms with van der Waals surface area (Å²) < 4.78 is 0. The fourth-order valence-electron chi connectivity index (χ4n) is 3.40. The van der Waals surface area contributed by atoms with Gasteiger partial charge in [-0.05, 0) is 37.5 Å². The lowest BCUT2D eigenvalue weighted by molar-refractivity contribution is 0.497. The van der Waals surface area contributed by atoms with Gasteiger partial charge in [0, 0.05) is 20.1 Å². The van der Waals surface area contributed by atoms with E-state index >= 15 is 0 Å². The first-order chi connectivity index (χ1) is 11.1. The van der Waals surface area contributed by atoms with Crippen LogP contribution in [0.1, 0.15) is 25.7 Å². The molecule has 0 radical (unpaired) electrons. The standard InChI is InChI=1S/C15H22N8/c1-18-13-10-9(12(16)21-14(17)19-10)20-15(22-13)23(2)11(7-3-4-7)8-5-6-8/h7-8,11H,3-6H2,1-2H3,(H,18,20,22)(H4,16,17,19,21). The van der Waals surface area contributed by atoms with E-state index in [1.807, 2.05) is 0 Å². The highest BCUT2D eigenvalue weighted by atomic mass is 15.3. The summed E-state index contributed by atoms with van der Waals surface area (Å²) in [7, 11) is 3.88. The van der Waals surface area contributed by atoms with Gasteiger partial charge in [0.1, 0.15) is 11.0 Å². The Labute approximate surface area is 134 Å². The van der Waals surface area contributed by atoms with Gasteiger partial charge < -0.3 is 21.7 Å². The smallest absolute Gasteiger partial charge is 0.228 e. The molecule has 0 unspecified atom stereocenters. The third-order valence-corrected chi connectivity index (χ3v) is 4.79. The Balaban J connectivity index is 1.80. The molecule has 2 fully saturated rings. The quantitative estimate of drug-likeness (QED) is 0.754. The minimum atomic E-state index is 0.130. The Morgan fingerprint density at radius 2 is 1.65 bits per heavy atom. The van der Waals surface area contributed by atoms with Crippen molar-refractivity contribution in [3.63, 3.8) is 0 Å². The van der Waals surface area contributed by atoms with Gasteiger partial charge in [0.05, 0.1) is 0 Å². The van der Waals surface area contributed by atoms with Gasteiger partial charge in [-0.3, -0.25) is 0 Å². The van der Waals surface area contributed by atoms with Gasteiger partial charge in [0.25, 0.3) is 0 Å². The molecule has 122 valence electrons. The molecule has 2 aromatic heterocycles. The third kappa shape index (κ3) is 2.47. The van der Waals surface area contributed by atoms with Crippen LogP contribution in [0.4, 0.5) is 23.5 Å². The fourth-order valence-corrected chi connectivity index (χ4v) is 3.40. The molecule has 0 spiro atoms. The number of rotatable bonds is 5. The summed E-state index contributed by atoms with van der Waals surface area (Å²) in [6, 6.07) is 0.521. The molecular formula is C15H22N8. The molecule has 0 aliphatic heterocycles. The van der Waals surface area contributed by atoms with Crippen LogP contribution >= 0.6 is 0 Å². The van der Waals surface area contributed by atoms with Crippen molar-refractivity contribution in [1.29, 1.82) is 0 Å². The zero-order chi connectivity index (χ0) is 16.1. The SMILES string of the molecule is CNc1nc(N(C)C(C2CC2)C2CC2)nc2c(N)nc(N)nc12. The van der Waals surface area contributed by atoms with Crippen molar-refractivity contribution in [1.82, 2.24) is 19.9 Å². The number of fused-ring (bicyclic) bond motifs is 1. The first-order valence-electron chi connectivity index (χ1n) is 8.09. The fraction of sp³-hybridized carbons (Fsp3) is 0.600. The van der Waals surface area contributed by atoms with Crippen molar-refractivity contribution in [3.8, 4) is 0 Å². The van der Waals surface area contributed by atoms with Crippen LogP contribution in [0.15, 0.2) is 0 Å². The molecule has 0 atom stereocenters. The first-order valence-corrected chi connectivity index (χ1v) is 8.09. The maximum absolute atomic E-state index is 6.00. The molecule has 8 nitrogen and oxygen atoms in total. The monoisotopic (exact) mass is 314 g/mol. The van der Waals surface area contributed by atoms with E-state index in [0.29, 0.717) is 28.8 Å². The van der Waals surface area contributed by atoms with Crippen LogP contribution in [0.3, 0.4) is 0 Å². The number of aromatic nitrogens is 4. The molecule has 0 saturated heterocycles. The maximum Gasteiger partial charge on any atom is 0.228 e. The summed E-state index contributed by atoms with van der Waals surface area (Å²) in [4.78, 5) is 19.7. The predicted molar refractivity (Wildman–Crippen MR) is 91.1 cm³/mol. The summed E-state index contributed by atoms with van der Waals surface area (Å²) in [6.07, 6.45) is 5.22. The summed E-state index contributed by atoms with van der Waals surface area (Å²) in [6.45, 7) is 0. The molecule has 2 saturated carbocycles. The summed E-state index contributed by atoms with van der Waals surface area (Å²) in [5.74, 6) is 3.25. The van der Waals surface area contributed by atoms with Crippen LogP contribution in [0.5, 0.6) is 0 Å². The predicted octanol–water partition coefficient (Wildman–Crippen LogP) is 1.25. The second-order valence-electron chi connectivity index (χ2n) is 6.56. The first kappa shape index (κ1) is 14.2. The minimum Gasteiger partial charge on any atom is -0.382 e. The van der Waals surface area contributed by atoms with Crippen LogP contribution in [-0.2, 0) is 0 Å². The van der Waals surface area contributed by atoms with Gasteiger partial charge >= 0.3 is 0 Å². The minimum absolute atomic E-state index is 0.130. The molecule has 0 bridgehead atoms. The Morgan fingerprint density at radius 3 is 2.22 bits per heavy atom. The molecule has 2 aromatic rings. The third-order valence-electron chi connectivity index (χ3n) is 4.79. The van der Waals surface area contributed by atoms with Crippen molar-refractivity contribution in [3.05, 3.63) is 0 Å². The molecule has 8 heteroatoms. The molecule has 23 heavy (non-hydrogen) atoms. The topological polar surface area (TPSA) is 119 Å². The van der Waals surface area contributed by atoms with Crippen LogP contribution < -0.4 is 21.7 Å². The summed E-state index contributed by atoms with van der Waals surface area (Å²) in [5.41, 5.74) is 12.8. The van der Waals surface area contributed by atoms with Crippen LogP contribution in [-0.4, -0.2) is 40.1 Å². The van der Waals surface area contributed by atoms with E-state index in [4.69, 9.17) is 11.5 Å². The van der Waals surface area contributed by atoms with Gasteiger partial charge in [0.2, 0.25) is 11.9 Å². The summed E-state index contributed by atoms with van der Waals surface area (Å²) in [5, 5.41) is 3.07. The highest BCUT2D eigenvalue weighted by Crippen LogP contribution is 2.47. The number of anilines is 4. The van der Waals surface area contributed by atoms with E-state index < -0.39 is 0 Å². The Morgan fingerprint density at radius 1 is 1.00 bits per heavy atom. The van der Waals surface area contributed by atoms with Crippen LogP contribution in [0.25, 0.3) is 11.0 Å². The number of nitrogens with one attached hydrogen (secondary N) is 1. The van der Waals surface area contributed by atoms with E-state index in [9.17, 15) is 0 Å². The van der Waals surface area contributed by atoms with E-state index in [0.717, 1.165) is 11.8 Å². The average Bonchev–Trinajstić information content (AvgIpc) is 3.41. The lowest BCUT2D eigenvalue weighted by Crippen LogP contribution is -2.36. The second-order valence-corrected chi connectivity index (χ2v) is 6.56. The number of hydrogen-bond acceptors (Lipinski definition) is 8. The average molecular weight is 314 g/mol. The van der Waals surface area contributed by atoms with Crippen molar-refractivity contribution < 1.29 is 0 Å². The van der Waals surface area contributed by atoms with E-state index in [1.54, 1.807) is 7.05 Å². The Kier molecular flexibility index (Phi) is 3.14. The van der Waals surface area contributed by atoms with Gasteiger partial charge in [-0.15, -0.1) is 0 Å². The van der Waals surface area contributed by atoms with E-state index in [-0.39, 0.29) is 11.8 Å². The van der Waals surface area contributed by atoms with Gasteiger partial charge in [0.15, 0.2) is 11.6 Å². The zero-order valence-corrected chi connectivity index (χ0v) is 13.5.